The van der Waals surface area contributed by atoms with Gasteiger partial charge in [0.25, 0.3) is 0 Å². The maximum atomic E-state index is 12.6. The van der Waals surface area contributed by atoms with Crippen LogP contribution in [0.1, 0.15) is 6.42 Å². The molecule has 1 N–H and O–H groups in total. The topological polar surface area (TPSA) is 49.4 Å². The lowest BCUT2D eigenvalue weighted by Crippen LogP contribution is -2.33. The van der Waals surface area contributed by atoms with Gasteiger partial charge in [-0.1, -0.05) is 48.5 Å². The molecule has 0 amide bonds. The third-order valence-electron chi connectivity index (χ3n) is 3.72. The molecule has 0 saturated carbocycles. The summed E-state index contributed by atoms with van der Waals surface area (Å²) in [5.41, 5.74) is 1.35. The molecule has 0 aliphatic heterocycles. The van der Waals surface area contributed by atoms with E-state index in [1.165, 1.54) is 13.1 Å². The molecule has 0 unspecified atom stereocenters. The number of halogens is 3. The highest BCUT2D eigenvalue weighted by Gasteiger charge is 2.28. The molecule has 0 bridgehead atoms. The van der Waals surface area contributed by atoms with E-state index in [-0.39, 0.29) is 24.4 Å². The maximum absolute atomic E-state index is 12.6. The van der Waals surface area contributed by atoms with Gasteiger partial charge in [0.1, 0.15) is 0 Å². The van der Waals surface area contributed by atoms with Crippen LogP contribution in [0.2, 0.25) is 0 Å². The third-order valence-corrected chi connectivity index (χ3v) is 5.24. The molecule has 0 saturated heterocycles. The summed E-state index contributed by atoms with van der Waals surface area (Å²) in [7, 11) is -2.41. The largest absolute Gasteiger partial charge is 0.401 e. The minimum absolute atomic E-state index is 0.0631. The zero-order valence-electron chi connectivity index (χ0n) is 14.3. The lowest BCUT2D eigenvalue weighted by Gasteiger charge is -2.18. The normalized spacial score (nSPS) is 12.5. The van der Waals surface area contributed by atoms with Crippen LogP contribution >= 0.6 is 0 Å². The molecule has 0 aromatic heterocycles. The van der Waals surface area contributed by atoms with Crippen molar-refractivity contribution >= 4 is 10.0 Å². The van der Waals surface area contributed by atoms with Gasteiger partial charge in [0.05, 0.1) is 11.4 Å². The molecule has 0 spiro atoms. The molecule has 0 fully saturated rings. The summed E-state index contributed by atoms with van der Waals surface area (Å²) in [6.07, 6.45) is -3.98. The van der Waals surface area contributed by atoms with Crippen molar-refractivity contribution in [3.8, 4) is 11.1 Å². The number of hydrogen-bond donors (Lipinski definition) is 1. The highest BCUT2D eigenvalue weighted by Crippen LogP contribution is 2.26. The predicted octanol–water partition coefficient (Wildman–Crippen LogP) is 3.52. The molecule has 8 heteroatoms. The van der Waals surface area contributed by atoms with E-state index in [9.17, 15) is 21.6 Å². The van der Waals surface area contributed by atoms with E-state index in [1.807, 2.05) is 30.3 Å². The second kappa shape index (κ2) is 8.66. The highest BCUT2D eigenvalue weighted by molar-refractivity contribution is 7.89. The number of nitrogens with zero attached hydrogens (tertiary/aromatic N) is 1. The lowest BCUT2D eigenvalue weighted by atomic mass is 10.1. The van der Waals surface area contributed by atoms with Crippen molar-refractivity contribution in [2.75, 3.05) is 26.7 Å². The molecular weight excluding hydrogens is 365 g/mol. The molecule has 0 radical (unpaired) electrons. The summed E-state index contributed by atoms with van der Waals surface area (Å²) in [6, 6.07) is 15.8. The van der Waals surface area contributed by atoms with Gasteiger partial charge >= 0.3 is 6.18 Å². The summed E-state index contributed by atoms with van der Waals surface area (Å²) in [5.74, 6) is 0. The maximum Gasteiger partial charge on any atom is 0.401 e. The molecule has 0 aliphatic carbocycles. The van der Waals surface area contributed by atoms with E-state index in [1.54, 1.807) is 18.2 Å². The van der Waals surface area contributed by atoms with Crippen molar-refractivity contribution < 1.29 is 21.6 Å². The van der Waals surface area contributed by atoms with Crippen LogP contribution < -0.4 is 4.72 Å². The number of rotatable bonds is 8. The van der Waals surface area contributed by atoms with Crippen LogP contribution in [0.5, 0.6) is 0 Å². The Labute approximate surface area is 151 Å². The van der Waals surface area contributed by atoms with Crippen molar-refractivity contribution in [3.05, 3.63) is 54.6 Å². The Morgan fingerprint density at radius 3 is 2.27 bits per heavy atom. The van der Waals surface area contributed by atoms with E-state index in [2.05, 4.69) is 4.72 Å². The Bertz CT molecular complexity index is 809. The van der Waals surface area contributed by atoms with E-state index in [0.29, 0.717) is 5.56 Å². The van der Waals surface area contributed by atoms with Crippen molar-refractivity contribution in [1.29, 1.82) is 0 Å². The number of sulfonamides is 1. The standard InChI is InChI=1S/C18H21F3N2O2S/c1-23(14-18(19,20)21)13-7-12-22-26(24,25)17-11-6-5-10-16(17)15-8-3-2-4-9-15/h2-6,8-11,22H,7,12-14H2,1H3. The Morgan fingerprint density at radius 2 is 1.62 bits per heavy atom. The molecule has 2 aromatic carbocycles. The van der Waals surface area contributed by atoms with Gasteiger partial charge in [-0.3, -0.25) is 4.90 Å². The van der Waals surface area contributed by atoms with Gasteiger partial charge in [-0.15, -0.1) is 0 Å². The molecule has 26 heavy (non-hydrogen) atoms. The molecule has 0 heterocycles. The van der Waals surface area contributed by atoms with Gasteiger partial charge < -0.3 is 0 Å². The molecule has 142 valence electrons. The predicted molar refractivity (Wildman–Crippen MR) is 95.2 cm³/mol. The first-order chi connectivity index (χ1) is 12.2. The van der Waals surface area contributed by atoms with E-state index >= 15 is 0 Å². The summed E-state index contributed by atoms with van der Waals surface area (Å²) < 4.78 is 64.5. The summed E-state index contributed by atoms with van der Waals surface area (Å²) in [4.78, 5) is 1.27. The SMILES string of the molecule is CN(CCCNS(=O)(=O)c1ccccc1-c1ccccc1)CC(F)(F)F. The second-order valence-corrected chi connectivity index (χ2v) is 7.70. The minimum Gasteiger partial charge on any atom is -0.298 e. The molecule has 2 rings (SSSR count). The highest BCUT2D eigenvalue weighted by atomic mass is 32.2. The second-order valence-electron chi connectivity index (χ2n) is 5.97. The Morgan fingerprint density at radius 1 is 1.00 bits per heavy atom. The Hall–Kier alpha value is -1.90. The number of benzene rings is 2. The fourth-order valence-corrected chi connectivity index (χ4v) is 3.88. The van der Waals surface area contributed by atoms with Crippen molar-refractivity contribution in [3.63, 3.8) is 0 Å². The van der Waals surface area contributed by atoms with E-state index < -0.39 is 22.7 Å². The summed E-state index contributed by atoms with van der Waals surface area (Å²) >= 11 is 0. The van der Waals surface area contributed by atoms with Crippen LogP contribution in [0, 0.1) is 0 Å². The molecule has 0 aliphatic rings. The van der Waals surface area contributed by atoms with Crippen LogP contribution in [0.15, 0.2) is 59.5 Å². The summed E-state index contributed by atoms with van der Waals surface area (Å²) in [6.45, 7) is -0.813. The monoisotopic (exact) mass is 386 g/mol. The molecule has 2 aromatic rings. The first-order valence-corrected chi connectivity index (χ1v) is 9.57. The van der Waals surface area contributed by atoms with Crippen LogP contribution in [0.4, 0.5) is 13.2 Å². The third kappa shape index (κ3) is 6.12. The van der Waals surface area contributed by atoms with Crippen molar-refractivity contribution in [2.24, 2.45) is 0 Å². The van der Waals surface area contributed by atoms with Gasteiger partial charge in [0, 0.05) is 12.1 Å². The van der Waals surface area contributed by atoms with Crippen LogP contribution in [0.3, 0.4) is 0 Å². The smallest absolute Gasteiger partial charge is 0.298 e. The number of nitrogens with one attached hydrogen (secondary N) is 1. The fourth-order valence-electron chi connectivity index (χ4n) is 2.58. The molecule has 0 atom stereocenters. The van der Waals surface area contributed by atoms with Gasteiger partial charge in [-0.2, -0.15) is 13.2 Å². The Balaban J connectivity index is 2.01. The van der Waals surface area contributed by atoms with Crippen LogP contribution in [-0.2, 0) is 10.0 Å². The minimum atomic E-state index is -4.26. The van der Waals surface area contributed by atoms with Crippen molar-refractivity contribution in [2.45, 2.75) is 17.5 Å². The summed E-state index contributed by atoms with van der Waals surface area (Å²) in [5, 5.41) is 0. The number of hydrogen-bond acceptors (Lipinski definition) is 3. The Kier molecular flexibility index (Phi) is 6.80. The fraction of sp³-hybridized carbons (Fsp3) is 0.333. The van der Waals surface area contributed by atoms with Gasteiger partial charge in [0.2, 0.25) is 10.0 Å². The van der Waals surface area contributed by atoms with Gasteiger partial charge in [-0.05, 0) is 31.6 Å². The van der Waals surface area contributed by atoms with Gasteiger partial charge in [-0.25, -0.2) is 13.1 Å². The van der Waals surface area contributed by atoms with Crippen LogP contribution in [0.25, 0.3) is 11.1 Å². The van der Waals surface area contributed by atoms with Gasteiger partial charge in [0.15, 0.2) is 0 Å². The first-order valence-electron chi connectivity index (χ1n) is 8.08. The lowest BCUT2D eigenvalue weighted by molar-refractivity contribution is -0.143. The average Bonchev–Trinajstić information content (AvgIpc) is 2.58. The average molecular weight is 386 g/mol. The zero-order chi connectivity index (χ0) is 19.2. The first kappa shape index (κ1) is 20.4. The van der Waals surface area contributed by atoms with Crippen LogP contribution in [-0.4, -0.2) is 46.2 Å². The number of alkyl halides is 3. The van der Waals surface area contributed by atoms with E-state index in [0.717, 1.165) is 10.5 Å². The quantitative estimate of drug-likeness (QED) is 0.707. The molecule has 4 nitrogen and oxygen atoms in total. The van der Waals surface area contributed by atoms with Crippen molar-refractivity contribution in [1.82, 2.24) is 9.62 Å². The van der Waals surface area contributed by atoms with E-state index in [4.69, 9.17) is 0 Å². The zero-order valence-corrected chi connectivity index (χ0v) is 15.1. The molecular formula is C18H21F3N2O2S.